The predicted octanol–water partition coefficient (Wildman–Crippen LogP) is 1.48. The maximum absolute atomic E-state index is 5.49. The highest BCUT2D eigenvalue weighted by molar-refractivity contribution is 5.06. The Morgan fingerprint density at radius 3 is 2.93 bits per heavy atom. The second-order valence-electron chi connectivity index (χ2n) is 3.39. The number of unbranched alkanes of at least 4 members (excludes halogenated alkanes) is 1. The van der Waals surface area contributed by atoms with Crippen molar-refractivity contribution >= 4 is 0 Å². The number of aryl methyl sites for hydroxylation is 1. The van der Waals surface area contributed by atoms with Crippen molar-refractivity contribution in [3.8, 4) is 0 Å². The van der Waals surface area contributed by atoms with Gasteiger partial charge in [-0.1, -0.05) is 19.8 Å². The number of hydrazine groups is 1. The Bertz CT molecular complexity index is 275. The summed E-state index contributed by atoms with van der Waals surface area (Å²) in [6.45, 7) is 4.05. The summed E-state index contributed by atoms with van der Waals surface area (Å²) in [4.78, 5) is 8.40. The van der Waals surface area contributed by atoms with Gasteiger partial charge in [-0.2, -0.15) is 0 Å². The van der Waals surface area contributed by atoms with Gasteiger partial charge >= 0.3 is 0 Å². The zero-order chi connectivity index (χ0) is 10.4. The standard InChI is InChI=1S/C10H18N4/c1-3-4-5-10(14-11)9-6-7-12-8(2)13-9/h6-7,10,14H,3-5,11H2,1-2H3. The average Bonchev–Trinajstić information content (AvgIpc) is 2.19. The summed E-state index contributed by atoms with van der Waals surface area (Å²) in [6, 6.07) is 2.06. The number of nitrogens with zero attached hydrogens (tertiary/aromatic N) is 2. The van der Waals surface area contributed by atoms with Crippen LogP contribution in [0, 0.1) is 6.92 Å². The molecule has 0 saturated carbocycles. The third-order valence-electron chi connectivity index (χ3n) is 2.20. The van der Waals surface area contributed by atoms with Crippen LogP contribution in [0.4, 0.5) is 0 Å². The molecule has 78 valence electrons. The van der Waals surface area contributed by atoms with E-state index >= 15 is 0 Å². The van der Waals surface area contributed by atoms with Crippen LogP contribution in [0.2, 0.25) is 0 Å². The maximum Gasteiger partial charge on any atom is 0.125 e. The number of hydrogen-bond donors (Lipinski definition) is 2. The Labute approximate surface area is 84.9 Å². The SMILES string of the molecule is CCCCC(NN)c1ccnc(C)n1. The van der Waals surface area contributed by atoms with E-state index in [1.54, 1.807) is 6.20 Å². The highest BCUT2D eigenvalue weighted by Crippen LogP contribution is 2.15. The molecule has 0 bridgehead atoms. The fourth-order valence-electron chi connectivity index (χ4n) is 1.39. The van der Waals surface area contributed by atoms with Crippen LogP contribution in [0.1, 0.15) is 43.7 Å². The maximum atomic E-state index is 5.49. The van der Waals surface area contributed by atoms with E-state index in [2.05, 4.69) is 22.3 Å². The van der Waals surface area contributed by atoms with E-state index in [1.807, 2.05) is 13.0 Å². The molecule has 1 aromatic heterocycles. The monoisotopic (exact) mass is 194 g/mol. The van der Waals surface area contributed by atoms with E-state index in [-0.39, 0.29) is 6.04 Å². The number of rotatable bonds is 5. The molecule has 0 saturated heterocycles. The fourth-order valence-corrected chi connectivity index (χ4v) is 1.39. The highest BCUT2D eigenvalue weighted by atomic mass is 15.2. The van der Waals surface area contributed by atoms with E-state index in [4.69, 9.17) is 5.84 Å². The van der Waals surface area contributed by atoms with E-state index in [0.717, 1.165) is 24.4 Å². The molecule has 1 unspecified atom stereocenters. The quantitative estimate of drug-likeness (QED) is 0.550. The summed E-state index contributed by atoms with van der Waals surface area (Å²) < 4.78 is 0. The van der Waals surface area contributed by atoms with E-state index in [0.29, 0.717) is 0 Å². The summed E-state index contributed by atoms with van der Waals surface area (Å²) >= 11 is 0. The molecule has 3 N–H and O–H groups in total. The first-order chi connectivity index (χ1) is 6.77. The molecule has 1 aromatic rings. The molecule has 14 heavy (non-hydrogen) atoms. The van der Waals surface area contributed by atoms with Gasteiger partial charge in [0.2, 0.25) is 0 Å². The minimum Gasteiger partial charge on any atom is -0.271 e. The zero-order valence-electron chi connectivity index (χ0n) is 8.83. The minimum atomic E-state index is 0.150. The molecule has 0 amide bonds. The van der Waals surface area contributed by atoms with Gasteiger partial charge in [-0.05, 0) is 19.4 Å². The summed E-state index contributed by atoms with van der Waals surface area (Å²) in [5.74, 6) is 6.28. The van der Waals surface area contributed by atoms with Crippen molar-refractivity contribution < 1.29 is 0 Å². The normalized spacial score (nSPS) is 12.8. The first-order valence-corrected chi connectivity index (χ1v) is 5.03. The second kappa shape index (κ2) is 5.67. The van der Waals surface area contributed by atoms with Crippen molar-refractivity contribution in [2.24, 2.45) is 5.84 Å². The van der Waals surface area contributed by atoms with Gasteiger partial charge in [0.25, 0.3) is 0 Å². The van der Waals surface area contributed by atoms with Crippen LogP contribution in [0.5, 0.6) is 0 Å². The van der Waals surface area contributed by atoms with E-state index in [1.165, 1.54) is 6.42 Å². The van der Waals surface area contributed by atoms with Crippen molar-refractivity contribution in [1.29, 1.82) is 0 Å². The smallest absolute Gasteiger partial charge is 0.125 e. The minimum absolute atomic E-state index is 0.150. The lowest BCUT2D eigenvalue weighted by Gasteiger charge is -2.14. The number of hydrogen-bond acceptors (Lipinski definition) is 4. The van der Waals surface area contributed by atoms with Crippen LogP contribution < -0.4 is 11.3 Å². The molecule has 0 aliphatic heterocycles. The summed E-state index contributed by atoms with van der Waals surface area (Å²) in [7, 11) is 0. The molecule has 0 aliphatic carbocycles. The van der Waals surface area contributed by atoms with Crippen molar-refractivity contribution in [1.82, 2.24) is 15.4 Å². The number of nitrogens with one attached hydrogen (secondary N) is 1. The van der Waals surface area contributed by atoms with Crippen molar-refractivity contribution in [3.05, 3.63) is 23.8 Å². The van der Waals surface area contributed by atoms with E-state index in [9.17, 15) is 0 Å². The number of nitrogens with two attached hydrogens (primary N) is 1. The van der Waals surface area contributed by atoms with Crippen LogP contribution in [0.15, 0.2) is 12.3 Å². The Hall–Kier alpha value is -1.00. The molecule has 0 aliphatic rings. The van der Waals surface area contributed by atoms with Crippen LogP contribution >= 0.6 is 0 Å². The molecular formula is C10H18N4. The fraction of sp³-hybridized carbons (Fsp3) is 0.600. The van der Waals surface area contributed by atoms with Gasteiger partial charge < -0.3 is 0 Å². The summed E-state index contributed by atoms with van der Waals surface area (Å²) in [5, 5.41) is 0. The van der Waals surface area contributed by atoms with Crippen LogP contribution in [0.25, 0.3) is 0 Å². The predicted molar refractivity (Wildman–Crippen MR) is 56.4 cm³/mol. The summed E-state index contributed by atoms with van der Waals surface area (Å²) in [5.41, 5.74) is 3.77. The lowest BCUT2D eigenvalue weighted by Crippen LogP contribution is -2.28. The molecule has 1 rings (SSSR count). The largest absolute Gasteiger partial charge is 0.271 e. The summed E-state index contributed by atoms with van der Waals surface area (Å²) in [6.07, 6.45) is 5.11. The molecule has 0 spiro atoms. The Kier molecular flexibility index (Phi) is 4.49. The molecule has 4 nitrogen and oxygen atoms in total. The van der Waals surface area contributed by atoms with Gasteiger partial charge in [0, 0.05) is 6.20 Å². The van der Waals surface area contributed by atoms with Gasteiger partial charge in [0.05, 0.1) is 11.7 Å². The molecular weight excluding hydrogens is 176 g/mol. The van der Waals surface area contributed by atoms with Gasteiger partial charge in [-0.25, -0.2) is 9.97 Å². The Balaban J connectivity index is 2.68. The number of aromatic nitrogens is 2. The van der Waals surface area contributed by atoms with E-state index < -0.39 is 0 Å². The van der Waals surface area contributed by atoms with Crippen LogP contribution in [-0.2, 0) is 0 Å². The third kappa shape index (κ3) is 3.05. The van der Waals surface area contributed by atoms with Crippen LogP contribution in [-0.4, -0.2) is 9.97 Å². The first-order valence-electron chi connectivity index (χ1n) is 5.03. The average molecular weight is 194 g/mol. The molecule has 0 radical (unpaired) electrons. The molecule has 0 fully saturated rings. The third-order valence-corrected chi connectivity index (χ3v) is 2.20. The van der Waals surface area contributed by atoms with Gasteiger partial charge in [0.1, 0.15) is 5.82 Å². The molecule has 1 atom stereocenters. The van der Waals surface area contributed by atoms with Crippen molar-refractivity contribution in [3.63, 3.8) is 0 Å². The van der Waals surface area contributed by atoms with Gasteiger partial charge in [-0.3, -0.25) is 11.3 Å². The molecule has 0 aromatic carbocycles. The van der Waals surface area contributed by atoms with Gasteiger partial charge in [-0.15, -0.1) is 0 Å². The van der Waals surface area contributed by atoms with Crippen molar-refractivity contribution in [2.45, 2.75) is 39.2 Å². The zero-order valence-corrected chi connectivity index (χ0v) is 8.83. The molecule has 4 heteroatoms. The van der Waals surface area contributed by atoms with Gasteiger partial charge in [0.15, 0.2) is 0 Å². The first kappa shape index (κ1) is 11.1. The second-order valence-corrected chi connectivity index (χ2v) is 3.39. The van der Waals surface area contributed by atoms with Crippen molar-refractivity contribution in [2.75, 3.05) is 0 Å². The topological polar surface area (TPSA) is 63.8 Å². The molecule has 1 heterocycles. The Morgan fingerprint density at radius 1 is 1.57 bits per heavy atom. The highest BCUT2D eigenvalue weighted by Gasteiger charge is 2.10. The Morgan fingerprint density at radius 2 is 2.36 bits per heavy atom. The lowest BCUT2D eigenvalue weighted by molar-refractivity contribution is 0.483. The van der Waals surface area contributed by atoms with Crippen LogP contribution in [0.3, 0.4) is 0 Å². The lowest BCUT2D eigenvalue weighted by atomic mass is 10.1.